The largest absolute Gasteiger partial charge is 0.584 e. The number of phosphoric ester groups is 1. The highest BCUT2D eigenvalue weighted by atomic mass is 31.2. The number of nitro groups is 2. The maximum absolute atomic E-state index is 13.6. The molecule has 4 aromatic carbocycles. The minimum Gasteiger partial charge on any atom is -0.394 e. The van der Waals surface area contributed by atoms with E-state index < -0.39 is 23.1 Å². The van der Waals surface area contributed by atoms with Gasteiger partial charge in [0.25, 0.3) is 11.4 Å². The van der Waals surface area contributed by atoms with E-state index in [9.17, 15) is 29.7 Å². The predicted molar refractivity (Wildman–Crippen MR) is 146 cm³/mol. The van der Waals surface area contributed by atoms with Gasteiger partial charge in [0, 0.05) is 51.9 Å². The van der Waals surface area contributed by atoms with Crippen LogP contribution in [0.4, 0.5) is 11.4 Å². The molecule has 0 radical (unpaired) electrons. The Balaban J connectivity index is 1.47. The van der Waals surface area contributed by atoms with Crippen LogP contribution in [0.5, 0.6) is 11.5 Å². The van der Waals surface area contributed by atoms with Gasteiger partial charge in [-0.25, -0.2) is 4.57 Å². The van der Waals surface area contributed by atoms with Gasteiger partial charge in [-0.15, -0.1) is 0 Å². The number of hydrogen-bond donors (Lipinski definition) is 1. The van der Waals surface area contributed by atoms with Crippen LogP contribution in [-0.2, 0) is 22.8 Å². The topological polar surface area (TPSA) is 142 Å². The van der Waals surface area contributed by atoms with Crippen molar-refractivity contribution in [2.75, 3.05) is 0 Å². The molecule has 0 bridgehead atoms. The molecule has 1 N–H and O–H groups in total. The molecule has 0 atom stereocenters. The lowest BCUT2D eigenvalue weighted by atomic mass is 9.74. The summed E-state index contributed by atoms with van der Waals surface area (Å²) in [7, 11) is -4.72. The van der Waals surface area contributed by atoms with Crippen LogP contribution in [0.1, 0.15) is 35.1 Å². The van der Waals surface area contributed by atoms with Gasteiger partial charge in [-0.3, -0.25) is 25.1 Å². The van der Waals surface area contributed by atoms with Crippen LogP contribution in [0, 0.1) is 20.2 Å². The van der Waals surface area contributed by atoms with Crippen LogP contribution >= 0.6 is 7.82 Å². The number of rotatable bonds is 4. The molecule has 10 nitrogen and oxygen atoms in total. The summed E-state index contributed by atoms with van der Waals surface area (Å²) in [6.45, 7) is 0. The van der Waals surface area contributed by atoms with Crippen LogP contribution in [0.25, 0.3) is 22.3 Å². The average Bonchev–Trinajstić information content (AvgIpc) is 3.50. The predicted octanol–water partition coefficient (Wildman–Crippen LogP) is 6.89. The second-order valence-electron chi connectivity index (χ2n) is 10.3. The zero-order chi connectivity index (χ0) is 27.8. The first kappa shape index (κ1) is 24.5. The lowest BCUT2D eigenvalue weighted by Gasteiger charge is -2.34. The number of phosphoric acid groups is 1. The molecule has 1 heterocycles. The lowest BCUT2D eigenvalue weighted by Crippen LogP contribution is -2.25. The molecule has 0 unspecified atom stereocenters. The molecule has 7 rings (SSSR count). The van der Waals surface area contributed by atoms with E-state index >= 15 is 0 Å². The van der Waals surface area contributed by atoms with Crippen LogP contribution < -0.4 is 9.05 Å². The Kier molecular flexibility index (Phi) is 5.20. The number of benzene rings is 4. The maximum Gasteiger partial charge on any atom is 0.584 e. The van der Waals surface area contributed by atoms with Crippen molar-refractivity contribution in [1.82, 2.24) is 0 Å². The fourth-order valence-electron chi connectivity index (χ4n) is 6.58. The monoisotopic (exact) mass is 556 g/mol. The summed E-state index contributed by atoms with van der Waals surface area (Å²) in [4.78, 5) is 32.5. The maximum atomic E-state index is 13.6. The van der Waals surface area contributed by atoms with Crippen LogP contribution in [0.2, 0.25) is 0 Å². The first-order valence-corrected chi connectivity index (χ1v) is 14.2. The summed E-state index contributed by atoms with van der Waals surface area (Å²) in [6.07, 6.45) is 2.99. The van der Waals surface area contributed by atoms with E-state index in [1.807, 2.05) is 24.3 Å². The second-order valence-corrected chi connectivity index (χ2v) is 11.6. The molecule has 1 spiro atoms. The van der Waals surface area contributed by atoms with E-state index in [-0.39, 0.29) is 22.9 Å². The van der Waals surface area contributed by atoms with Crippen molar-refractivity contribution < 1.29 is 28.4 Å². The zero-order valence-electron chi connectivity index (χ0n) is 20.9. The minimum absolute atomic E-state index is 0.0609. The molecule has 0 aromatic heterocycles. The zero-order valence-corrected chi connectivity index (χ0v) is 21.8. The van der Waals surface area contributed by atoms with E-state index in [1.165, 1.54) is 24.3 Å². The Morgan fingerprint density at radius 3 is 1.45 bits per heavy atom. The van der Waals surface area contributed by atoms with E-state index in [0.717, 1.165) is 47.9 Å². The van der Waals surface area contributed by atoms with Gasteiger partial charge in [0.1, 0.15) is 11.5 Å². The molecule has 3 aliphatic rings. The third-order valence-electron chi connectivity index (χ3n) is 8.28. The molecule has 40 heavy (non-hydrogen) atoms. The first-order chi connectivity index (χ1) is 19.2. The Morgan fingerprint density at radius 1 is 0.675 bits per heavy atom. The molecule has 200 valence electrons. The molecule has 0 fully saturated rings. The summed E-state index contributed by atoms with van der Waals surface area (Å²) < 4.78 is 25.4. The minimum atomic E-state index is -4.72. The summed E-state index contributed by atoms with van der Waals surface area (Å²) in [5.74, 6) is 0.517. The highest BCUT2D eigenvalue weighted by molar-refractivity contribution is 7.48. The fourth-order valence-corrected chi connectivity index (χ4v) is 7.46. The molecule has 11 heteroatoms. The van der Waals surface area contributed by atoms with E-state index in [4.69, 9.17) is 9.05 Å². The third kappa shape index (κ3) is 3.57. The smallest absolute Gasteiger partial charge is 0.394 e. The summed E-state index contributed by atoms with van der Waals surface area (Å²) >= 11 is 0. The van der Waals surface area contributed by atoms with Gasteiger partial charge in [-0.1, -0.05) is 24.3 Å². The van der Waals surface area contributed by atoms with Crippen molar-refractivity contribution in [1.29, 1.82) is 0 Å². The second kappa shape index (κ2) is 8.48. The Morgan fingerprint density at radius 2 is 1.07 bits per heavy atom. The molecule has 0 amide bonds. The normalized spacial score (nSPS) is 17.0. The molecular weight excluding hydrogens is 535 g/mol. The highest BCUT2D eigenvalue weighted by Gasteiger charge is 2.52. The lowest BCUT2D eigenvalue weighted by molar-refractivity contribution is -0.385. The summed E-state index contributed by atoms with van der Waals surface area (Å²) in [5.41, 5.74) is 5.42. The quantitative estimate of drug-likeness (QED) is 0.163. The van der Waals surface area contributed by atoms with Crippen LogP contribution in [0.3, 0.4) is 0 Å². The third-order valence-corrected chi connectivity index (χ3v) is 9.11. The Bertz CT molecular complexity index is 1670. The van der Waals surface area contributed by atoms with Gasteiger partial charge >= 0.3 is 7.82 Å². The summed E-state index contributed by atoms with van der Waals surface area (Å²) in [5, 5.41) is 22.4. The molecule has 4 aromatic rings. The molecular formula is C29H21N2O8P. The van der Waals surface area contributed by atoms with Gasteiger partial charge in [-0.2, -0.15) is 0 Å². The van der Waals surface area contributed by atoms with Gasteiger partial charge in [0.15, 0.2) is 0 Å². The molecule has 2 aliphatic carbocycles. The number of non-ortho nitro benzene ring substituents is 2. The SMILES string of the molecule is O=[N+]([O-])c1ccc(-c2ccc3c4c2OP(=O)(O)Oc2c(-c5ccc([N+](=O)[O-])cc5)ccc5c2C4(CC3)CC5)cc1. The van der Waals surface area contributed by atoms with Crippen molar-refractivity contribution in [3.05, 3.63) is 115 Å². The fraction of sp³-hybridized carbons (Fsp3) is 0.172. The first-order valence-electron chi connectivity index (χ1n) is 12.7. The van der Waals surface area contributed by atoms with Crippen LogP contribution in [0.15, 0.2) is 72.8 Å². The highest BCUT2D eigenvalue weighted by Crippen LogP contribution is 2.65. The van der Waals surface area contributed by atoms with Crippen molar-refractivity contribution >= 4 is 19.2 Å². The van der Waals surface area contributed by atoms with Crippen molar-refractivity contribution in [3.63, 3.8) is 0 Å². The van der Waals surface area contributed by atoms with Crippen molar-refractivity contribution in [3.8, 4) is 33.8 Å². The number of nitro benzene ring substituents is 2. The van der Waals surface area contributed by atoms with Gasteiger partial charge in [0.05, 0.1) is 9.85 Å². The molecule has 0 saturated heterocycles. The molecule has 1 aliphatic heterocycles. The van der Waals surface area contributed by atoms with Gasteiger partial charge < -0.3 is 9.05 Å². The number of hydrogen-bond acceptors (Lipinski definition) is 7. The van der Waals surface area contributed by atoms with Gasteiger partial charge in [0.2, 0.25) is 0 Å². The standard InChI is InChI=1S/C29H21N2O8P/c32-30(33)21-7-1-17(2-8-21)23-11-5-19-13-15-29-16-14-20-6-12-24(18-3-9-22(10-4-18)31(34)35)28(26(20)29)39-40(36,37)38-27(23)25(19)29/h1-12H,13-16H2,(H,36,37). The van der Waals surface area contributed by atoms with Gasteiger partial charge in [-0.05, 0) is 72.2 Å². The van der Waals surface area contributed by atoms with Crippen LogP contribution in [-0.4, -0.2) is 14.7 Å². The molecule has 0 saturated carbocycles. The van der Waals surface area contributed by atoms with E-state index in [1.54, 1.807) is 24.3 Å². The average molecular weight is 556 g/mol. The Hall–Kier alpha value is -4.53. The number of aryl methyl sites for hydroxylation is 2. The van der Waals surface area contributed by atoms with E-state index in [2.05, 4.69) is 0 Å². The van der Waals surface area contributed by atoms with E-state index in [0.29, 0.717) is 22.3 Å². The Labute approximate surface area is 227 Å². The van der Waals surface area contributed by atoms with Crippen molar-refractivity contribution in [2.45, 2.75) is 31.1 Å². The number of nitrogens with zero attached hydrogens (tertiary/aromatic N) is 2. The van der Waals surface area contributed by atoms with Crippen molar-refractivity contribution in [2.24, 2.45) is 0 Å². The summed E-state index contributed by atoms with van der Waals surface area (Å²) in [6, 6.07) is 19.6.